The Kier molecular flexibility index (Phi) is 3.56. The fourth-order valence-electron chi connectivity index (χ4n) is 2.25. The van der Waals surface area contributed by atoms with Crippen molar-refractivity contribution in [2.24, 2.45) is 5.92 Å². The van der Waals surface area contributed by atoms with Crippen molar-refractivity contribution in [3.63, 3.8) is 0 Å². The zero-order chi connectivity index (χ0) is 12.3. The minimum Gasteiger partial charge on any atom is -0.478 e. The lowest BCUT2D eigenvalue weighted by Gasteiger charge is -2.15. The molecule has 1 saturated heterocycles. The molecule has 2 heterocycles. The Bertz CT molecular complexity index is 391. The first kappa shape index (κ1) is 11.8. The van der Waals surface area contributed by atoms with E-state index < -0.39 is 5.97 Å². The second kappa shape index (κ2) is 5.12. The van der Waals surface area contributed by atoms with Crippen LogP contribution < -0.4 is 4.90 Å². The zero-order valence-corrected chi connectivity index (χ0v) is 9.96. The molecule has 1 atom stereocenters. The SMILES string of the molecule is CCCC1CCN(c2ncc(C(=O)O)cn2)C1. The van der Waals surface area contributed by atoms with Crippen LogP contribution in [0.2, 0.25) is 0 Å². The van der Waals surface area contributed by atoms with Gasteiger partial charge in [0.1, 0.15) is 0 Å². The van der Waals surface area contributed by atoms with Crippen molar-refractivity contribution in [3.05, 3.63) is 18.0 Å². The van der Waals surface area contributed by atoms with E-state index in [-0.39, 0.29) is 5.56 Å². The summed E-state index contributed by atoms with van der Waals surface area (Å²) in [6, 6.07) is 0. The van der Waals surface area contributed by atoms with Gasteiger partial charge < -0.3 is 10.0 Å². The molecule has 0 radical (unpaired) electrons. The highest BCUT2D eigenvalue weighted by Crippen LogP contribution is 2.23. The predicted octanol–water partition coefficient (Wildman–Crippen LogP) is 1.80. The van der Waals surface area contributed by atoms with Crippen molar-refractivity contribution >= 4 is 11.9 Å². The lowest BCUT2D eigenvalue weighted by atomic mass is 10.0. The summed E-state index contributed by atoms with van der Waals surface area (Å²) in [4.78, 5) is 21.0. The quantitative estimate of drug-likeness (QED) is 0.862. The summed E-state index contributed by atoms with van der Waals surface area (Å²) in [6.45, 7) is 4.15. The van der Waals surface area contributed by atoms with Gasteiger partial charge in [0.05, 0.1) is 5.56 Å². The summed E-state index contributed by atoms with van der Waals surface area (Å²) in [5, 5.41) is 8.76. The third kappa shape index (κ3) is 2.72. The van der Waals surface area contributed by atoms with Crippen molar-refractivity contribution in [2.75, 3.05) is 18.0 Å². The Balaban J connectivity index is 2.01. The first-order valence-electron chi connectivity index (χ1n) is 6.01. The molecule has 0 aliphatic carbocycles. The molecule has 17 heavy (non-hydrogen) atoms. The predicted molar refractivity (Wildman–Crippen MR) is 64.2 cm³/mol. The second-order valence-corrected chi connectivity index (χ2v) is 4.47. The van der Waals surface area contributed by atoms with Crippen LogP contribution in [0.4, 0.5) is 5.95 Å². The Labute approximate surface area is 100 Å². The van der Waals surface area contributed by atoms with E-state index in [9.17, 15) is 4.79 Å². The standard InChI is InChI=1S/C12H17N3O2/c1-2-3-9-4-5-15(8-9)12-13-6-10(7-14-12)11(16)17/h6-7,9H,2-5,8H2,1H3,(H,16,17). The summed E-state index contributed by atoms with van der Waals surface area (Å²) in [7, 11) is 0. The molecule has 1 aromatic rings. The molecule has 0 amide bonds. The van der Waals surface area contributed by atoms with Crippen LogP contribution in [0, 0.1) is 5.92 Å². The number of carboxylic acids is 1. The summed E-state index contributed by atoms with van der Waals surface area (Å²) < 4.78 is 0. The van der Waals surface area contributed by atoms with Gasteiger partial charge in [0.15, 0.2) is 0 Å². The number of hydrogen-bond acceptors (Lipinski definition) is 4. The van der Waals surface area contributed by atoms with Crippen LogP contribution in [-0.4, -0.2) is 34.1 Å². The topological polar surface area (TPSA) is 66.3 Å². The van der Waals surface area contributed by atoms with E-state index in [0.717, 1.165) is 19.0 Å². The van der Waals surface area contributed by atoms with E-state index in [2.05, 4.69) is 21.8 Å². The average Bonchev–Trinajstić information content (AvgIpc) is 2.78. The normalized spacial score (nSPS) is 19.6. The van der Waals surface area contributed by atoms with Gasteiger partial charge in [-0.2, -0.15) is 0 Å². The highest BCUT2D eigenvalue weighted by Gasteiger charge is 2.23. The van der Waals surface area contributed by atoms with E-state index in [1.807, 2.05) is 0 Å². The van der Waals surface area contributed by atoms with Gasteiger partial charge in [-0.25, -0.2) is 14.8 Å². The maximum absolute atomic E-state index is 10.7. The van der Waals surface area contributed by atoms with Gasteiger partial charge in [-0.3, -0.25) is 0 Å². The van der Waals surface area contributed by atoms with E-state index >= 15 is 0 Å². The molecule has 0 aromatic carbocycles. The molecule has 5 heteroatoms. The molecule has 2 rings (SSSR count). The Morgan fingerprint density at radius 2 is 2.24 bits per heavy atom. The number of hydrogen-bond donors (Lipinski definition) is 1. The third-order valence-electron chi connectivity index (χ3n) is 3.15. The molecule has 92 valence electrons. The van der Waals surface area contributed by atoms with Gasteiger partial charge >= 0.3 is 5.97 Å². The maximum Gasteiger partial charge on any atom is 0.338 e. The lowest BCUT2D eigenvalue weighted by Crippen LogP contribution is -2.22. The minimum absolute atomic E-state index is 0.137. The van der Waals surface area contributed by atoms with Crippen molar-refractivity contribution < 1.29 is 9.90 Å². The van der Waals surface area contributed by atoms with Crippen LogP contribution >= 0.6 is 0 Å². The summed E-state index contributed by atoms with van der Waals surface area (Å²) in [5.74, 6) is 0.387. The third-order valence-corrected chi connectivity index (χ3v) is 3.15. The van der Waals surface area contributed by atoms with Crippen LogP contribution in [0.25, 0.3) is 0 Å². The van der Waals surface area contributed by atoms with Crippen molar-refractivity contribution in [2.45, 2.75) is 26.2 Å². The van der Waals surface area contributed by atoms with E-state index in [4.69, 9.17) is 5.11 Å². The molecule has 5 nitrogen and oxygen atoms in total. The van der Waals surface area contributed by atoms with Crippen molar-refractivity contribution in [1.82, 2.24) is 9.97 Å². The first-order chi connectivity index (χ1) is 8.20. The number of carbonyl (C=O) groups is 1. The highest BCUT2D eigenvalue weighted by atomic mass is 16.4. The molecule has 1 aromatic heterocycles. The van der Waals surface area contributed by atoms with Gasteiger partial charge in [0.2, 0.25) is 5.95 Å². The summed E-state index contributed by atoms with van der Waals surface area (Å²) in [6.07, 6.45) is 6.37. The highest BCUT2D eigenvalue weighted by molar-refractivity contribution is 5.86. The molecule has 1 unspecified atom stereocenters. The average molecular weight is 235 g/mol. The fraction of sp³-hybridized carbons (Fsp3) is 0.583. The first-order valence-corrected chi connectivity index (χ1v) is 6.01. The fourth-order valence-corrected chi connectivity index (χ4v) is 2.25. The van der Waals surface area contributed by atoms with Crippen LogP contribution in [0.1, 0.15) is 36.5 Å². The molecular formula is C12H17N3O2. The lowest BCUT2D eigenvalue weighted by molar-refractivity contribution is 0.0696. The van der Waals surface area contributed by atoms with E-state index in [1.54, 1.807) is 0 Å². The van der Waals surface area contributed by atoms with E-state index in [0.29, 0.717) is 5.95 Å². The zero-order valence-electron chi connectivity index (χ0n) is 9.96. The van der Waals surface area contributed by atoms with Gasteiger partial charge in [-0.15, -0.1) is 0 Å². The largest absolute Gasteiger partial charge is 0.478 e. The molecule has 1 aliphatic heterocycles. The Morgan fingerprint density at radius 3 is 2.82 bits per heavy atom. The van der Waals surface area contributed by atoms with Crippen LogP contribution in [0.5, 0.6) is 0 Å². The van der Waals surface area contributed by atoms with Gasteiger partial charge in [-0.1, -0.05) is 13.3 Å². The number of anilines is 1. The van der Waals surface area contributed by atoms with Gasteiger partial charge in [0.25, 0.3) is 0 Å². The molecule has 1 fully saturated rings. The van der Waals surface area contributed by atoms with E-state index in [1.165, 1.54) is 31.7 Å². The van der Waals surface area contributed by atoms with Crippen LogP contribution in [0.15, 0.2) is 12.4 Å². The van der Waals surface area contributed by atoms with Gasteiger partial charge in [0, 0.05) is 25.5 Å². The second-order valence-electron chi connectivity index (χ2n) is 4.47. The number of rotatable bonds is 4. The number of aromatic nitrogens is 2. The molecule has 1 aliphatic rings. The molecule has 0 bridgehead atoms. The number of carboxylic acid groups (broad SMARTS) is 1. The van der Waals surface area contributed by atoms with Crippen LogP contribution in [-0.2, 0) is 0 Å². The minimum atomic E-state index is -0.984. The molecule has 1 N–H and O–H groups in total. The summed E-state index contributed by atoms with van der Waals surface area (Å²) in [5.41, 5.74) is 0.137. The number of nitrogens with zero attached hydrogens (tertiary/aromatic N) is 3. The Morgan fingerprint density at radius 1 is 1.53 bits per heavy atom. The van der Waals surface area contributed by atoms with Gasteiger partial charge in [-0.05, 0) is 18.8 Å². The number of aromatic carboxylic acids is 1. The molecular weight excluding hydrogens is 218 g/mol. The summed E-state index contributed by atoms with van der Waals surface area (Å²) >= 11 is 0. The monoisotopic (exact) mass is 235 g/mol. The van der Waals surface area contributed by atoms with Crippen LogP contribution in [0.3, 0.4) is 0 Å². The molecule has 0 saturated carbocycles. The maximum atomic E-state index is 10.7. The Hall–Kier alpha value is -1.65. The van der Waals surface area contributed by atoms with Crippen molar-refractivity contribution in [1.29, 1.82) is 0 Å². The molecule has 0 spiro atoms. The van der Waals surface area contributed by atoms with Crippen molar-refractivity contribution in [3.8, 4) is 0 Å². The smallest absolute Gasteiger partial charge is 0.338 e.